The average molecular weight is 284 g/mol. The van der Waals surface area contributed by atoms with E-state index in [1.165, 1.54) is 13.2 Å². The topological polar surface area (TPSA) is 98.5 Å². The molecule has 0 radical (unpaired) electrons. The maximum absolute atomic E-state index is 11.9. The van der Waals surface area contributed by atoms with Gasteiger partial charge in [0.05, 0.1) is 6.61 Å². The summed E-state index contributed by atoms with van der Waals surface area (Å²) in [5.74, 6) is -0.669. The number of fused-ring (bicyclic) bond motifs is 1. The fourth-order valence-corrected chi connectivity index (χ4v) is 2.79. The van der Waals surface area contributed by atoms with Crippen molar-refractivity contribution in [2.45, 2.75) is 11.9 Å². The molecule has 7 nitrogen and oxygen atoms in total. The minimum absolute atomic E-state index is 0.0375. The van der Waals surface area contributed by atoms with E-state index in [1.807, 2.05) is 0 Å². The molecule has 0 aromatic carbocycles. The molecule has 0 amide bonds. The Morgan fingerprint density at radius 3 is 2.79 bits per heavy atom. The summed E-state index contributed by atoms with van der Waals surface area (Å²) in [5.41, 5.74) is 0.0770. The molecular formula is C11H12N2O5S. The van der Waals surface area contributed by atoms with Crippen molar-refractivity contribution < 1.29 is 22.5 Å². The van der Waals surface area contributed by atoms with Gasteiger partial charge in [0.1, 0.15) is 11.2 Å². The van der Waals surface area contributed by atoms with Crippen molar-refractivity contribution in [3.8, 4) is 0 Å². The molecule has 0 bridgehead atoms. The standard InChI is InChI=1S/C11H12N2O5S/c1-3-18-11(14)9-7-5-4-6-12-8(7)10(13(9)2)19(15,16)17/h4-6H,3H2,1-2H3,(H,15,16,17). The van der Waals surface area contributed by atoms with Crippen molar-refractivity contribution >= 4 is 27.0 Å². The fourth-order valence-electron chi connectivity index (χ4n) is 1.95. The molecule has 2 aromatic rings. The molecule has 0 saturated carbocycles. The second kappa shape index (κ2) is 4.63. The maximum Gasteiger partial charge on any atom is 0.355 e. The summed E-state index contributed by atoms with van der Waals surface area (Å²) in [6, 6.07) is 3.11. The van der Waals surface area contributed by atoms with Gasteiger partial charge < -0.3 is 9.30 Å². The first-order valence-corrected chi connectivity index (χ1v) is 6.90. The number of esters is 1. The van der Waals surface area contributed by atoms with Gasteiger partial charge in [0, 0.05) is 18.6 Å². The summed E-state index contributed by atoms with van der Waals surface area (Å²) in [5, 5.41) is -0.109. The maximum atomic E-state index is 11.9. The van der Waals surface area contributed by atoms with Crippen LogP contribution in [0, 0.1) is 0 Å². The molecule has 0 aliphatic carbocycles. The number of ether oxygens (including phenoxy) is 1. The van der Waals surface area contributed by atoms with E-state index in [2.05, 4.69) is 4.98 Å². The van der Waals surface area contributed by atoms with Gasteiger partial charge >= 0.3 is 16.1 Å². The predicted molar refractivity (Wildman–Crippen MR) is 66.5 cm³/mol. The van der Waals surface area contributed by atoms with Crippen LogP contribution in [-0.4, -0.2) is 35.1 Å². The predicted octanol–water partition coefficient (Wildman–Crippen LogP) is 0.997. The Balaban J connectivity index is 2.86. The molecule has 2 heterocycles. The third-order valence-corrected chi connectivity index (χ3v) is 3.57. The molecule has 8 heteroatoms. The van der Waals surface area contributed by atoms with Crippen molar-refractivity contribution in [1.29, 1.82) is 0 Å². The lowest BCUT2D eigenvalue weighted by molar-refractivity contribution is 0.0516. The average Bonchev–Trinajstić information content (AvgIpc) is 2.60. The van der Waals surface area contributed by atoms with E-state index in [0.29, 0.717) is 5.39 Å². The zero-order valence-corrected chi connectivity index (χ0v) is 11.1. The zero-order valence-electron chi connectivity index (χ0n) is 10.3. The second-order valence-corrected chi connectivity index (χ2v) is 5.14. The highest BCUT2D eigenvalue weighted by Crippen LogP contribution is 2.27. The Hall–Kier alpha value is -1.93. The summed E-state index contributed by atoms with van der Waals surface area (Å²) < 4.78 is 38.0. The Kier molecular flexibility index (Phi) is 3.29. The van der Waals surface area contributed by atoms with Crippen molar-refractivity contribution in [3.05, 3.63) is 24.0 Å². The minimum Gasteiger partial charge on any atom is -0.461 e. The van der Waals surface area contributed by atoms with Crippen LogP contribution in [0.1, 0.15) is 17.4 Å². The van der Waals surface area contributed by atoms with E-state index in [0.717, 1.165) is 4.57 Å². The van der Waals surface area contributed by atoms with Gasteiger partial charge in [0.25, 0.3) is 0 Å². The van der Waals surface area contributed by atoms with Crippen LogP contribution in [0.3, 0.4) is 0 Å². The van der Waals surface area contributed by atoms with Gasteiger partial charge in [-0.3, -0.25) is 9.54 Å². The number of rotatable bonds is 3. The van der Waals surface area contributed by atoms with Gasteiger partial charge in [0.2, 0.25) is 0 Å². The largest absolute Gasteiger partial charge is 0.461 e. The third-order valence-electron chi connectivity index (χ3n) is 2.62. The van der Waals surface area contributed by atoms with E-state index in [1.54, 1.807) is 19.1 Å². The van der Waals surface area contributed by atoms with Crippen molar-refractivity contribution in [2.24, 2.45) is 7.05 Å². The van der Waals surface area contributed by atoms with Crippen LogP contribution >= 0.6 is 0 Å². The lowest BCUT2D eigenvalue weighted by Gasteiger charge is -2.05. The van der Waals surface area contributed by atoms with Crippen molar-refractivity contribution in [2.75, 3.05) is 6.61 Å². The molecule has 0 saturated heterocycles. The first-order valence-electron chi connectivity index (χ1n) is 5.46. The normalized spacial score (nSPS) is 11.7. The number of hydrogen-bond donors (Lipinski definition) is 1. The molecule has 2 aromatic heterocycles. The molecule has 19 heavy (non-hydrogen) atoms. The van der Waals surface area contributed by atoms with Crippen molar-refractivity contribution in [3.63, 3.8) is 0 Å². The first kappa shape index (κ1) is 13.5. The van der Waals surface area contributed by atoms with Crippen LogP contribution in [0.5, 0.6) is 0 Å². The smallest absolute Gasteiger partial charge is 0.355 e. The highest BCUT2D eigenvalue weighted by Gasteiger charge is 2.28. The Morgan fingerprint density at radius 1 is 1.53 bits per heavy atom. The molecule has 0 aliphatic rings. The molecule has 0 fully saturated rings. The third kappa shape index (κ3) is 2.20. The Labute approximate surface area is 109 Å². The quantitative estimate of drug-likeness (QED) is 0.666. The number of pyridine rings is 1. The SMILES string of the molecule is CCOC(=O)c1c2cccnc2c(S(=O)(=O)O)n1C. The molecule has 0 unspecified atom stereocenters. The van der Waals surface area contributed by atoms with Crippen molar-refractivity contribution in [1.82, 2.24) is 9.55 Å². The molecule has 0 aliphatic heterocycles. The van der Waals surface area contributed by atoms with Crippen LogP contribution in [0.15, 0.2) is 23.4 Å². The lowest BCUT2D eigenvalue weighted by atomic mass is 10.2. The first-order chi connectivity index (χ1) is 8.88. The molecular weight excluding hydrogens is 272 g/mol. The van der Waals surface area contributed by atoms with Gasteiger partial charge in [-0.15, -0.1) is 0 Å². The van der Waals surface area contributed by atoms with Crippen LogP contribution in [0.25, 0.3) is 10.9 Å². The van der Waals surface area contributed by atoms with E-state index < -0.39 is 21.1 Å². The lowest BCUT2D eigenvalue weighted by Crippen LogP contribution is -2.13. The molecule has 2 rings (SSSR count). The molecule has 102 valence electrons. The number of carbonyl (C=O) groups excluding carboxylic acids is 1. The highest BCUT2D eigenvalue weighted by atomic mass is 32.2. The van der Waals surface area contributed by atoms with Crippen LogP contribution < -0.4 is 0 Å². The van der Waals surface area contributed by atoms with Gasteiger partial charge in [-0.2, -0.15) is 8.42 Å². The Bertz CT molecular complexity index is 748. The van der Waals surface area contributed by atoms with E-state index in [4.69, 9.17) is 4.74 Å². The number of nitrogens with zero attached hydrogens (tertiary/aromatic N) is 2. The minimum atomic E-state index is -4.50. The summed E-state index contributed by atoms with van der Waals surface area (Å²) in [6.45, 7) is 1.80. The van der Waals surface area contributed by atoms with E-state index >= 15 is 0 Å². The van der Waals surface area contributed by atoms with Gasteiger partial charge in [-0.25, -0.2) is 4.79 Å². The number of carbonyl (C=O) groups is 1. The van der Waals surface area contributed by atoms with Gasteiger partial charge in [-0.05, 0) is 19.1 Å². The van der Waals surface area contributed by atoms with Gasteiger partial charge in [0.15, 0.2) is 5.03 Å². The monoisotopic (exact) mass is 284 g/mol. The summed E-state index contributed by atoms with van der Waals surface area (Å²) in [6.07, 6.45) is 1.38. The zero-order chi connectivity index (χ0) is 14.2. The van der Waals surface area contributed by atoms with E-state index in [-0.39, 0.29) is 17.8 Å². The summed E-state index contributed by atoms with van der Waals surface area (Å²) in [4.78, 5) is 15.8. The second-order valence-electron chi connectivity index (χ2n) is 3.81. The van der Waals surface area contributed by atoms with Crippen LogP contribution in [0.4, 0.5) is 0 Å². The fraction of sp³-hybridized carbons (Fsp3) is 0.273. The van der Waals surface area contributed by atoms with Crippen LogP contribution in [0.2, 0.25) is 0 Å². The molecule has 0 atom stereocenters. The summed E-state index contributed by atoms with van der Waals surface area (Å²) in [7, 11) is -3.14. The number of hydrogen-bond acceptors (Lipinski definition) is 5. The number of aromatic nitrogens is 2. The molecule has 1 N–H and O–H groups in total. The van der Waals surface area contributed by atoms with Gasteiger partial charge in [-0.1, -0.05) is 0 Å². The molecule has 0 spiro atoms. The highest BCUT2D eigenvalue weighted by molar-refractivity contribution is 7.86. The summed E-state index contributed by atoms with van der Waals surface area (Å²) >= 11 is 0. The van der Waals surface area contributed by atoms with Crippen LogP contribution in [-0.2, 0) is 21.9 Å². The van der Waals surface area contributed by atoms with E-state index in [9.17, 15) is 17.8 Å². The Morgan fingerprint density at radius 2 is 2.21 bits per heavy atom.